The second-order valence-electron chi connectivity index (χ2n) is 2.36. The Morgan fingerprint density at radius 2 is 2.18 bits per heavy atom. The van der Waals surface area contributed by atoms with Gasteiger partial charge in [-0.1, -0.05) is 15.9 Å². The Morgan fingerprint density at radius 1 is 1.45 bits per heavy atom. The molecule has 0 amide bonds. The maximum absolute atomic E-state index is 3.24. The van der Waals surface area contributed by atoms with Gasteiger partial charge in [-0.05, 0) is 23.2 Å². The van der Waals surface area contributed by atoms with Crippen LogP contribution in [0.1, 0.15) is 4.88 Å². The van der Waals surface area contributed by atoms with E-state index in [2.05, 4.69) is 33.0 Å². The molecule has 3 heteroatoms. The minimum atomic E-state index is 1.27. The van der Waals surface area contributed by atoms with E-state index < -0.39 is 0 Å². The molecule has 1 nitrogen and oxygen atoms in total. The predicted octanol–water partition coefficient (Wildman–Crippen LogP) is 3.18. The molecule has 0 N–H and O–H groups in total. The molecule has 1 rings (SSSR count). The monoisotopic (exact) mass is 231 g/mol. The van der Waals surface area contributed by atoms with E-state index >= 15 is 0 Å². The highest BCUT2D eigenvalue weighted by Gasteiger charge is 1.97. The fourth-order valence-corrected chi connectivity index (χ4v) is 2.03. The van der Waals surface area contributed by atoms with Gasteiger partial charge in [-0.15, -0.1) is 11.3 Å². The van der Waals surface area contributed by atoms with Crippen LogP contribution >= 0.6 is 27.3 Å². The molecule has 0 radical (unpaired) electrons. The summed E-state index contributed by atoms with van der Waals surface area (Å²) in [7, 11) is 4.10. The highest BCUT2D eigenvalue weighted by Crippen LogP contribution is 2.25. The van der Waals surface area contributed by atoms with E-state index in [0.717, 1.165) is 0 Å². The Balaban J connectivity index is 2.81. The van der Waals surface area contributed by atoms with Crippen LogP contribution in [0.4, 0.5) is 5.00 Å². The first-order valence-electron chi connectivity index (χ1n) is 3.28. The van der Waals surface area contributed by atoms with Crippen LogP contribution in [-0.4, -0.2) is 14.1 Å². The number of rotatable bonds is 2. The molecule has 0 aliphatic carbocycles. The van der Waals surface area contributed by atoms with Crippen molar-refractivity contribution in [1.29, 1.82) is 0 Å². The highest BCUT2D eigenvalue weighted by molar-refractivity contribution is 9.11. The molecule has 0 fully saturated rings. The molecule has 0 unspecified atom stereocenters. The fraction of sp³-hybridized carbons (Fsp3) is 0.250. The summed E-state index contributed by atoms with van der Waals surface area (Å²) in [5.74, 6) is 0. The van der Waals surface area contributed by atoms with Crippen LogP contribution in [0.2, 0.25) is 0 Å². The van der Waals surface area contributed by atoms with E-state index in [1.54, 1.807) is 11.3 Å². The van der Waals surface area contributed by atoms with E-state index in [1.165, 1.54) is 9.88 Å². The van der Waals surface area contributed by atoms with Crippen molar-refractivity contribution >= 4 is 38.3 Å². The maximum Gasteiger partial charge on any atom is 0.0909 e. The summed E-state index contributed by atoms with van der Waals surface area (Å²) in [6.07, 6.45) is 2.04. The lowest BCUT2D eigenvalue weighted by Gasteiger charge is -2.06. The number of halogens is 1. The lowest BCUT2D eigenvalue weighted by Crippen LogP contribution is -2.05. The van der Waals surface area contributed by atoms with Gasteiger partial charge in [0.05, 0.1) is 5.00 Å². The van der Waals surface area contributed by atoms with Gasteiger partial charge in [0.15, 0.2) is 0 Å². The zero-order valence-electron chi connectivity index (χ0n) is 6.54. The van der Waals surface area contributed by atoms with E-state index in [1.807, 2.05) is 25.2 Å². The minimum absolute atomic E-state index is 1.27. The topological polar surface area (TPSA) is 3.24 Å². The normalized spacial score (nSPS) is 10.8. The Kier molecular flexibility index (Phi) is 3.15. The molecule has 0 aliphatic heterocycles. The van der Waals surface area contributed by atoms with Crippen molar-refractivity contribution in [3.05, 3.63) is 22.0 Å². The summed E-state index contributed by atoms with van der Waals surface area (Å²) >= 11 is 5.02. The summed E-state index contributed by atoms with van der Waals surface area (Å²) in [5.41, 5.74) is 0. The van der Waals surface area contributed by atoms with Gasteiger partial charge in [0.2, 0.25) is 0 Å². The average Bonchev–Trinajstić information content (AvgIpc) is 2.37. The first-order valence-corrected chi connectivity index (χ1v) is 5.01. The molecular formula is C8H10BrNS. The SMILES string of the molecule is CN(C)c1ccc(/C=C/Br)s1. The number of nitrogens with zero attached hydrogens (tertiary/aromatic N) is 1. The first kappa shape index (κ1) is 8.81. The molecule has 60 valence electrons. The van der Waals surface area contributed by atoms with Gasteiger partial charge in [0.1, 0.15) is 0 Å². The zero-order chi connectivity index (χ0) is 8.27. The van der Waals surface area contributed by atoms with Crippen molar-refractivity contribution in [3.63, 3.8) is 0 Å². The predicted molar refractivity (Wildman–Crippen MR) is 56.6 cm³/mol. The number of thiophene rings is 1. The molecule has 0 bridgehead atoms. The van der Waals surface area contributed by atoms with Crippen molar-refractivity contribution in [2.75, 3.05) is 19.0 Å². The fourth-order valence-electron chi connectivity index (χ4n) is 0.734. The van der Waals surface area contributed by atoms with E-state index in [4.69, 9.17) is 0 Å². The average molecular weight is 232 g/mol. The van der Waals surface area contributed by atoms with Gasteiger partial charge in [-0.2, -0.15) is 0 Å². The molecule has 1 aromatic rings. The van der Waals surface area contributed by atoms with Crippen LogP contribution in [-0.2, 0) is 0 Å². The molecular weight excluding hydrogens is 222 g/mol. The van der Waals surface area contributed by atoms with Gasteiger partial charge >= 0.3 is 0 Å². The van der Waals surface area contributed by atoms with Crippen LogP contribution in [0.3, 0.4) is 0 Å². The Hall–Kier alpha value is -0.280. The molecule has 0 spiro atoms. The summed E-state index contributed by atoms with van der Waals surface area (Å²) in [4.78, 5) is 5.25. The van der Waals surface area contributed by atoms with Crippen molar-refractivity contribution in [2.45, 2.75) is 0 Å². The first-order chi connectivity index (χ1) is 5.24. The Morgan fingerprint density at radius 3 is 2.64 bits per heavy atom. The molecule has 11 heavy (non-hydrogen) atoms. The summed E-state index contributed by atoms with van der Waals surface area (Å²) < 4.78 is 0. The molecule has 1 aromatic heterocycles. The van der Waals surface area contributed by atoms with Crippen LogP contribution in [0.15, 0.2) is 17.1 Å². The van der Waals surface area contributed by atoms with Crippen molar-refractivity contribution < 1.29 is 0 Å². The van der Waals surface area contributed by atoms with Gasteiger partial charge in [0.25, 0.3) is 0 Å². The lowest BCUT2D eigenvalue weighted by molar-refractivity contribution is 1.16. The van der Waals surface area contributed by atoms with Gasteiger partial charge < -0.3 is 4.90 Å². The van der Waals surface area contributed by atoms with E-state index in [0.29, 0.717) is 0 Å². The molecule has 0 saturated carbocycles. The van der Waals surface area contributed by atoms with Crippen LogP contribution in [0.25, 0.3) is 6.08 Å². The smallest absolute Gasteiger partial charge is 0.0909 e. The Bertz CT molecular complexity index is 252. The van der Waals surface area contributed by atoms with Crippen molar-refractivity contribution in [2.24, 2.45) is 0 Å². The minimum Gasteiger partial charge on any atom is -0.370 e. The quantitative estimate of drug-likeness (QED) is 0.756. The lowest BCUT2D eigenvalue weighted by atomic mass is 10.4. The summed E-state index contributed by atoms with van der Waals surface area (Å²) in [5, 5.41) is 1.28. The van der Waals surface area contributed by atoms with Crippen LogP contribution in [0, 0.1) is 0 Å². The third kappa shape index (κ3) is 2.34. The standard InChI is InChI=1S/C8H10BrNS/c1-10(2)8-4-3-7(11-8)5-6-9/h3-6H,1-2H3/b6-5+. The molecule has 0 aromatic carbocycles. The second kappa shape index (κ2) is 3.93. The maximum atomic E-state index is 3.24. The van der Waals surface area contributed by atoms with Crippen molar-refractivity contribution in [3.8, 4) is 0 Å². The summed E-state index contributed by atoms with van der Waals surface area (Å²) in [6, 6.07) is 4.23. The van der Waals surface area contributed by atoms with E-state index in [-0.39, 0.29) is 0 Å². The number of hydrogen-bond donors (Lipinski definition) is 0. The second-order valence-corrected chi connectivity index (χ2v) is 3.99. The highest BCUT2D eigenvalue weighted by atomic mass is 79.9. The van der Waals surface area contributed by atoms with E-state index in [9.17, 15) is 0 Å². The third-order valence-electron chi connectivity index (χ3n) is 1.28. The third-order valence-corrected chi connectivity index (χ3v) is 2.76. The number of hydrogen-bond acceptors (Lipinski definition) is 2. The molecule has 0 saturated heterocycles. The van der Waals surface area contributed by atoms with Gasteiger partial charge in [0, 0.05) is 19.0 Å². The van der Waals surface area contributed by atoms with Gasteiger partial charge in [-0.3, -0.25) is 0 Å². The zero-order valence-corrected chi connectivity index (χ0v) is 8.95. The molecule has 0 aliphatic rings. The van der Waals surface area contributed by atoms with Gasteiger partial charge in [-0.25, -0.2) is 0 Å². The summed E-state index contributed by atoms with van der Waals surface area (Å²) in [6.45, 7) is 0. The van der Waals surface area contributed by atoms with Crippen LogP contribution in [0.5, 0.6) is 0 Å². The van der Waals surface area contributed by atoms with Crippen LogP contribution < -0.4 is 4.90 Å². The molecule has 1 heterocycles. The Labute approximate surface area is 79.5 Å². The van der Waals surface area contributed by atoms with Crippen molar-refractivity contribution in [1.82, 2.24) is 0 Å². The number of anilines is 1. The molecule has 0 atom stereocenters. The largest absolute Gasteiger partial charge is 0.370 e.